The van der Waals surface area contributed by atoms with E-state index in [0.717, 1.165) is 29.8 Å². The van der Waals surface area contributed by atoms with Gasteiger partial charge in [-0.3, -0.25) is 15.0 Å². The van der Waals surface area contributed by atoms with E-state index in [1.54, 1.807) is 0 Å². The van der Waals surface area contributed by atoms with Crippen LogP contribution in [0.4, 0.5) is 5.69 Å². The number of rotatable bonds is 9. The van der Waals surface area contributed by atoms with Gasteiger partial charge in [-0.1, -0.05) is 80.5 Å². The first-order chi connectivity index (χ1) is 17.3. The normalized spacial score (nSPS) is 14.7. The van der Waals surface area contributed by atoms with Gasteiger partial charge in [0.15, 0.2) is 0 Å². The summed E-state index contributed by atoms with van der Waals surface area (Å²) >= 11 is 0. The van der Waals surface area contributed by atoms with Crippen molar-refractivity contribution < 1.29 is 0 Å². The average molecular weight is 498 g/mol. The van der Waals surface area contributed by atoms with Crippen LogP contribution in [0.1, 0.15) is 109 Å². The van der Waals surface area contributed by atoms with Crippen LogP contribution in [0.15, 0.2) is 58.6 Å². The molecule has 0 radical (unpaired) electrons. The molecule has 0 aliphatic carbocycles. The maximum atomic E-state index is 4.91. The summed E-state index contributed by atoms with van der Waals surface area (Å²) in [4.78, 5) is 13.9. The topological polar surface area (TPSA) is 37.6 Å². The Labute approximate surface area is 225 Å². The van der Waals surface area contributed by atoms with Crippen molar-refractivity contribution in [2.24, 2.45) is 21.3 Å². The van der Waals surface area contributed by atoms with Gasteiger partial charge in [0.2, 0.25) is 0 Å². The second kappa shape index (κ2) is 11.3. The van der Waals surface area contributed by atoms with E-state index in [1.807, 2.05) is 13.2 Å². The van der Waals surface area contributed by atoms with Crippen LogP contribution in [0.5, 0.6) is 0 Å². The second-order valence-electron chi connectivity index (χ2n) is 12.7. The number of hydrogen-bond acceptors (Lipinski definition) is 3. The van der Waals surface area contributed by atoms with Crippen molar-refractivity contribution in [2.75, 3.05) is 7.05 Å². The van der Waals surface area contributed by atoms with Crippen molar-refractivity contribution in [3.8, 4) is 0 Å². The van der Waals surface area contributed by atoms with Gasteiger partial charge in [-0.2, -0.15) is 0 Å². The average Bonchev–Trinajstić information content (AvgIpc) is 2.85. The first kappa shape index (κ1) is 28.8. The zero-order chi connectivity index (χ0) is 27.5. The molecule has 3 aromatic rings. The Morgan fingerprint density at radius 3 is 2.19 bits per heavy atom. The van der Waals surface area contributed by atoms with E-state index < -0.39 is 0 Å². The third-order valence-electron chi connectivity index (χ3n) is 8.08. The third kappa shape index (κ3) is 6.37. The van der Waals surface area contributed by atoms with Crippen molar-refractivity contribution in [2.45, 2.75) is 92.4 Å². The van der Waals surface area contributed by atoms with Crippen molar-refractivity contribution in [3.63, 3.8) is 0 Å². The molecule has 0 fully saturated rings. The lowest BCUT2D eigenvalue weighted by molar-refractivity contribution is 0.365. The zero-order valence-corrected chi connectivity index (χ0v) is 24.8. The molecule has 0 aliphatic heterocycles. The SMILES string of the molecule is C=Nc1ccc(C(C)C(C)CCC(C)(C)c2nccc3ccc(C(C)C)cc23)cc1C(=NC)C(C)(C)C. The largest absolute Gasteiger partial charge is 0.292 e. The maximum Gasteiger partial charge on any atom is 0.0713 e. The van der Waals surface area contributed by atoms with Gasteiger partial charge in [0.1, 0.15) is 0 Å². The fourth-order valence-corrected chi connectivity index (χ4v) is 5.39. The molecule has 1 aromatic heterocycles. The number of aromatic nitrogens is 1. The molecule has 0 saturated carbocycles. The maximum absolute atomic E-state index is 4.91. The van der Waals surface area contributed by atoms with Crippen LogP contribution in [0.2, 0.25) is 0 Å². The summed E-state index contributed by atoms with van der Waals surface area (Å²) in [5.41, 5.74) is 6.92. The summed E-state index contributed by atoms with van der Waals surface area (Å²) in [7, 11) is 1.87. The van der Waals surface area contributed by atoms with Gasteiger partial charge in [-0.15, -0.1) is 0 Å². The second-order valence-corrected chi connectivity index (χ2v) is 12.7. The molecular weight excluding hydrogens is 450 g/mol. The standard InChI is InChI=1S/C34H47N3/c1-22(2)26-13-12-25-17-19-37-32(28(25)20-26)34(8,9)18-16-23(3)24(4)27-14-15-30(35-10)29(21-27)31(36-11)33(5,6)7/h12-15,17,19-24H,10,16,18H2,1-9,11H3. The Hall–Kier alpha value is -2.81. The molecule has 3 nitrogen and oxygen atoms in total. The highest BCUT2D eigenvalue weighted by atomic mass is 14.7. The molecule has 198 valence electrons. The molecule has 2 unspecified atom stereocenters. The Balaban J connectivity index is 1.85. The number of fused-ring (bicyclic) bond motifs is 1. The highest BCUT2D eigenvalue weighted by Gasteiger charge is 2.28. The molecule has 2 aromatic carbocycles. The molecular formula is C34H47N3. The lowest BCUT2D eigenvalue weighted by Crippen LogP contribution is -2.23. The fourth-order valence-electron chi connectivity index (χ4n) is 5.39. The summed E-state index contributed by atoms with van der Waals surface area (Å²) in [6, 6.07) is 15.6. The van der Waals surface area contributed by atoms with E-state index in [1.165, 1.54) is 27.6 Å². The quantitative estimate of drug-likeness (QED) is 0.271. The van der Waals surface area contributed by atoms with E-state index in [9.17, 15) is 0 Å². The van der Waals surface area contributed by atoms with Gasteiger partial charge in [0.05, 0.1) is 11.4 Å². The fraction of sp³-hybridized carbons (Fsp3) is 0.500. The Morgan fingerprint density at radius 2 is 1.59 bits per heavy atom. The Morgan fingerprint density at radius 1 is 0.919 bits per heavy atom. The molecule has 37 heavy (non-hydrogen) atoms. The van der Waals surface area contributed by atoms with Gasteiger partial charge in [0, 0.05) is 40.7 Å². The summed E-state index contributed by atoms with van der Waals surface area (Å²) in [5.74, 6) is 1.44. The van der Waals surface area contributed by atoms with Crippen LogP contribution in [0.3, 0.4) is 0 Å². The summed E-state index contributed by atoms with van der Waals surface area (Å²) in [6.45, 7) is 24.4. The number of pyridine rings is 1. The predicted molar refractivity (Wildman–Crippen MR) is 163 cm³/mol. The molecule has 0 spiro atoms. The van der Waals surface area contributed by atoms with E-state index >= 15 is 0 Å². The molecule has 3 rings (SSSR count). The summed E-state index contributed by atoms with van der Waals surface area (Å²) in [6.07, 6.45) is 4.18. The van der Waals surface area contributed by atoms with Crippen LogP contribution in [-0.4, -0.2) is 24.5 Å². The van der Waals surface area contributed by atoms with Crippen LogP contribution in [0.25, 0.3) is 10.8 Å². The third-order valence-corrected chi connectivity index (χ3v) is 8.08. The van der Waals surface area contributed by atoms with Gasteiger partial charge >= 0.3 is 0 Å². The lowest BCUT2D eigenvalue weighted by atomic mass is 9.76. The van der Waals surface area contributed by atoms with Gasteiger partial charge in [-0.25, -0.2) is 0 Å². The monoisotopic (exact) mass is 497 g/mol. The number of benzene rings is 2. The van der Waals surface area contributed by atoms with E-state index in [4.69, 9.17) is 4.98 Å². The van der Waals surface area contributed by atoms with Crippen molar-refractivity contribution >= 4 is 28.9 Å². The molecule has 0 N–H and O–H groups in total. The highest BCUT2D eigenvalue weighted by Crippen LogP contribution is 2.38. The van der Waals surface area contributed by atoms with Crippen molar-refractivity contribution in [1.82, 2.24) is 4.98 Å². The molecule has 1 heterocycles. The van der Waals surface area contributed by atoms with Crippen molar-refractivity contribution in [1.29, 1.82) is 0 Å². The predicted octanol–water partition coefficient (Wildman–Crippen LogP) is 9.65. The molecule has 0 bridgehead atoms. The van der Waals surface area contributed by atoms with Gasteiger partial charge < -0.3 is 0 Å². The smallest absolute Gasteiger partial charge is 0.0713 e. The zero-order valence-electron chi connectivity index (χ0n) is 24.8. The first-order valence-corrected chi connectivity index (χ1v) is 13.8. The Bertz CT molecular complexity index is 1270. The number of nitrogens with zero attached hydrogens (tertiary/aromatic N) is 3. The molecule has 0 amide bonds. The highest BCUT2D eigenvalue weighted by molar-refractivity contribution is 6.08. The van der Waals surface area contributed by atoms with E-state index in [0.29, 0.717) is 17.8 Å². The lowest BCUT2D eigenvalue weighted by Gasteiger charge is -2.30. The minimum absolute atomic E-state index is 0.0147. The minimum atomic E-state index is -0.0629. The summed E-state index contributed by atoms with van der Waals surface area (Å²) in [5, 5.41) is 2.57. The van der Waals surface area contributed by atoms with E-state index in [-0.39, 0.29) is 10.8 Å². The van der Waals surface area contributed by atoms with Gasteiger partial charge in [0.25, 0.3) is 0 Å². The number of aliphatic imine (C=N–C) groups is 2. The molecule has 0 aliphatic rings. The number of hydrogen-bond donors (Lipinski definition) is 0. The van der Waals surface area contributed by atoms with Gasteiger partial charge in [-0.05, 0) is 78.1 Å². The van der Waals surface area contributed by atoms with Crippen LogP contribution >= 0.6 is 0 Å². The minimum Gasteiger partial charge on any atom is -0.292 e. The van der Waals surface area contributed by atoms with Crippen molar-refractivity contribution in [3.05, 3.63) is 71.0 Å². The molecule has 3 heteroatoms. The first-order valence-electron chi connectivity index (χ1n) is 13.8. The van der Waals surface area contributed by atoms with E-state index in [2.05, 4.69) is 121 Å². The van der Waals surface area contributed by atoms with Crippen LogP contribution < -0.4 is 0 Å². The molecule has 2 atom stereocenters. The molecule has 0 saturated heterocycles. The van der Waals surface area contributed by atoms with Crippen LogP contribution in [-0.2, 0) is 5.41 Å². The van der Waals surface area contributed by atoms with Crippen LogP contribution in [0, 0.1) is 11.3 Å². The Kier molecular flexibility index (Phi) is 8.78. The summed E-state index contributed by atoms with van der Waals surface area (Å²) < 4.78 is 0.